The van der Waals surface area contributed by atoms with E-state index in [0.29, 0.717) is 16.7 Å². The van der Waals surface area contributed by atoms with Crippen LogP contribution in [0.15, 0.2) is 5.16 Å². The van der Waals surface area contributed by atoms with Gasteiger partial charge in [-0.05, 0) is 42.9 Å². The predicted octanol–water partition coefficient (Wildman–Crippen LogP) is 3.30. The fraction of sp³-hybridized carbons (Fsp3) is 0.917. The molecule has 0 spiro atoms. The predicted molar refractivity (Wildman–Crippen MR) is 57.6 cm³/mol. The molecule has 0 aromatic heterocycles. The lowest BCUT2D eigenvalue weighted by Crippen LogP contribution is -2.26. The van der Waals surface area contributed by atoms with Gasteiger partial charge in [-0.2, -0.15) is 0 Å². The van der Waals surface area contributed by atoms with Gasteiger partial charge < -0.3 is 5.21 Å². The molecule has 2 aliphatic rings. The van der Waals surface area contributed by atoms with Gasteiger partial charge in [-0.1, -0.05) is 25.9 Å². The highest BCUT2D eigenvalue weighted by molar-refractivity contribution is 5.84. The van der Waals surface area contributed by atoms with Gasteiger partial charge >= 0.3 is 0 Å². The highest BCUT2D eigenvalue weighted by Crippen LogP contribution is 2.67. The number of fused-ring (bicyclic) bond motifs is 2. The molecule has 0 heterocycles. The summed E-state index contributed by atoms with van der Waals surface area (Å²) in [6, 6.07) is 0. The Morgan fingerprint density at radius 1 is 1.36 bits per heavy atom. The quantitative estimate of drug-likeness (QED) is 0.388. The molecule has 0 aromatic carbocycles. The Kier molecular flexibility index (Phi) is 1.96. The van der Waals surface area contributed by atoms with Crippen molar-refractivity contribution in [3.8, 4) is 0 Å². The van der Waals surface area contributed by atoms with Gasteiger partial charge in [0.05, 0.1) is 5.71 Å². The van der Waals surface area contributed by atoms with Crippen molar-refractivity contribution in [1.29, 1.82) is 0 Å². The molecule has 2 aliphatic carbocycles. The number of rotatable bonds is 1. The fourth-order valence-electron chi connectivity index (χ4n) is 3.81. The Labute approximate surface area is 86.4 Å². The molecule has 2 rings (SSSR count). The second-order valence-electron chi connectivity index (χ2n) is 5.98. The summed E-state index contributed by atoms with van der Waals surface area (Å²) in [5.41, 5.74) is 1.82. The van der Waals surface area contributed by atoms with Crippen LogP contribution in [0.25, 0.3) is 0 Å². The van der Waals surface area contributed by atoms with Crippen LogP contribution in [0.3, 0.4) is 0 Å². The van der Waals surface area contributed by atoms with Crippen LogP contribution in [0.4, 0.5) is 0 Å². The van der Waals surface area contributed by atoms with Gasteiger partial charge in [-0.15, -0.1) is 0 Å². The molecule has 2 nitrogen and oxygen atoms in total. The fourth-order valence-corrected chi connectivity index (χ4v) is 3.81. The van der Waals surface area contributed by atoms with E-state index in [-0.39, 0.29) is 0 Å². The molecule has 2 bridgehead atoms. The highest BCUT2D eigenvalue weighted by Gasteiger charge is 2.60. The Bertz CT molecular complexity index is 279. The van der Waals surface area contributed by atoms with Gasteiger partial charge in [0, 0.05) is 5.92 Å². The maximum absolute atomic E-state index is 8.87. The van der Waals surface area contributed by atoms with Crippen molar-refractivity contribution in [2.75, 3.05) is 0 Å². The summed E-state index contributed by atoms with van der Waals surface area (Å²) >= 11 is 0. The first-order valence-corrected chi connectivity index (χ1v) is 5.61. The van der Waals surface area contributed by atoms with Gasteiger partial charge in [0.2, 0.25) is 0 Å². The Morgan fingerprint density at radius 3 is 2.36 bits per heavy atom. The van der Waals surface area contributed by atoms with Crippen molar-refractivity contribution in [2.24, 2.45) is 27.8 Å². The molecule has 0 aromatic rings. The summed E-state index contributed by atoms with van der Waals surface area (Å²) in [4.78, 5) is 0. The molecule has 0 aliphatic heterocycles. The van der Waals surface area contributed by atoms with Crippen molar-refractivity contribution in [1.82, 2.24) is 0 Å². The molecule has 0 amide bonds. The SMILES string of the molecule is CC(=NO)[C@@H]1C[C@@]2(C)CC[C@@H]1C2(C)C. The third kappa shape index (κ3) is 0.999. The van der Waals surface area contributed by atoms with Gasteiger partial charge in [0.15, 0.2) is 0 Å². The number of nitrogens with zero attached hydrogens (tertiary/aromatic N) is 1. The van der Waals surface area contributed by atoms with Crippen molar-refractivity contribution < 1.29 is 5.21 Å². The van der Waals surface area contributed by atoms with E-state index in [1.54, 1.807) is 0 Å². The number of oxime groups is 1. The van der Waals surface area contributed by atoms with Crippen LogP contribution in [-0.4, -0.2) is 10.9 Å². The third-order valence-corrected chi connectivity index (χ3v) is 5.34. The van der Waals surface area contributed by atoms with Gasteiger partial charge in [-0.25, -0.2) is 0 Å². The first-order chi connectivity index (χ1) is 6.42. The van der Waals surface area contributed by atoms with Gasteiger partial charge in [-0.3, -0.25) is 0 Å². The Hall–Kier alpha value is -0.530. The molecule has 1 N–H and O–H groups in total. The molecular weight excluding hydrogens is 174 g/mol. The summed E-state index contributed by atoms with van der Waals surface area (Å²) in [5.74, 6) is 1.25. The third-order valence-electron chi connectivity index (χ3n) is 5.34. The second kappa shape index (κ2) is 2.74. The molecule has 3 atom stereocenters. The van der Waals surface area contributed by atoms with E-state index in [1.807, 2.05) is 6.92 Å². The summed E-state index contributed by atoms with van der Waals surface area (Å²) in [6.07, 6.45) is 3.86. The van der Waals surface area contributed by atoms with Crippen LogP contribution >= 0.6 is 0 Å². The first-order valence-electron chi connectivity index (χ1n) is 5.61. The largest absolute Gasteiger partial charge is 0.411 e. The molecule has 80 valence electrons. The van der Waals surface area contributed by atoms with Crippen LogP contribution in [0, 0.1) is 22.7 Å². The standard InChI is InChI=1S/C12H21NO/c1-8(13-14)9-7-12(4)6-5-10(9)11(12,2)3/h9-10,14H,5-7H2,1-4H3/t9-,10-,12+/m0/s1. The molecule has 2 saturated carbocycles. The van der Waals surface area contributed by atoms with Crippen LogP contribution in [-0.2, 0) is 0 Å². The average Bonchev–Trinajstić information content (AvgIpc) is 2.47. The van der Waals surface area contributed by atoms with E-state index >= 15 is 0 Å². The van der Waals surface area contributed by atoms with Crippen molar-refractivity contribution >= 4 is 5.71 Å². The molecule has 0 unspecified atom stereocenters. The van der Waals surface area contributed by atoms with E-state index in [1.165, 1.54) is 19.3 Å². The summed E-state index contributed by atoms with van der Waals surface area (Å²) in [7, 11) is 0. The maximum atomic E-state index is 8.87. The molecular formula is C12H21NO. The lowest BCUT2D eigenvalue weighted by molar-refractivity contribution is 0.152. The average molecular weight is 195 g/mol. The van der Waals surface area contributed by atoms with Crippen LogP contribution in [0.5, 0.6) is 0 Å². The van der Waals surface area contributed by atoms with Crippen molar-refractivity contribution in [2.45, 2.75) is 47.0 Å². The maximum Gasteiger partial charge on any atom is 0.0574 e. The minimum Gasteiger partial charge on any atom is -0.411 e. The Morgan fingerprint density at radius 2 is 2.00 bits per heavy atom. The van der Waals surface area contributed by atoms with Crippen molar-refractivity contribution in [3.63, 3.8) is 0 Å². The molecule has 14 heavy (non-hydrogen) atoms. The minimum absolute atomic E-state index is 0.420. The lowest BCUT2D eigenvalue weighted by Gasteiger charge is -2.34. The normalized spacial score (nSPS) is 45.9. The van der Waals surface area contributed by atoms with Crippen LogP contribution in [0.1, 0.15) is 47.0 Å². The van der Waals surface area contributed by atoms with Crippen molar-refractivity contribution in [3.05, 3.63) is 0 Å². The second-order valence-corrected chi connectivity index (χ2v) is 5.98. The number of hydrogen-bond donors (Lipinski definition) is 1. The zero-order chi connectivity index (χ0) is 10.6. The van der Waals surface area contributed by atoms with E-state index in [4.69, 9.17) is 5.21 Å². The molecule has 2 heteroatoms. The summed E-state index contributed by atoms with van der Waals surface area (Å²) in [5, 5.41) is 12.3. The zero-order valence-electron chi connectivity index (χ0n) is 9.67. The monoisotopic (exact) mass is 195 g/mol. The zero-order valence-corrected chi connectivity index (χ0v) is 9.67. The Balaban J connectivity index is 2.32. The lowest BCUT2D eigenvalue weighted by atomic mass is 9.71. The summed E-state index contributed by atoms with van der Waals surface area (Å²) in [6.45, 7) is 9.13. The van der Waals surface area contributed by atoms with Crippen LogP contribution in [0.2, 0.25) is 0 Å². The van der Waals surface area contributed by atoms with E-state index in [2.05, 4.69) is 25.9 Å². The molecule has 0 radical (unpaired) electrons. The minimum atomic E-state index is 0.420. The van der Waals surface area contributed by atoms with Gasteiger partial charge in [0.1, 0.15) is 0 Å². The van der Waals surface area contributed by atoms with E-state index < -0.39 is 0 Å². The smallest absolute Gasteiger partial charge is 0.0574 e. The van der Waals surface area contributed by atoms with Crippen LogP contribution < -0.4 is 0 Å². The van der Waals surface area contributed by atoms with Gasteiger partial charge in [0.25, 0.3) is 0 Å². The van der Waals surface area contributed by atoms with E-state index in [9.17, 15) is 0 Å². The number of hydrogen-bond acceptors (Lipinski definition) is 2. The molecule has 2 fully saturated rings. The topological polar surface area (TPSA) is 32.6 Å². The van der Waals surface area contributed by atoms with E-state index in [0.717, 1.165) is 11.6 Å². The summed E-state index contributed by atoms with van der Waals surface area (Å²) < 4.78 is 0. The first kappa shape index (κ1) is 10.0. The highest BCUT2D eigenvalue weighted by atomic mass is 16.4. The molecule has 0 saturated heterocycles.